The van der Waals surface area contributed by atoms with Crippen LogP contribution in [0.4, 0.5) is 0 Å². The third-order valence-electron chi connectivity index (χ3n) is 2.35. The Labute approximate surface area is 93.0 Å². The molecule has 0 aromatic carbocycles. The lowest BCUT2D eigenvalue weighted by molar-refractivity contribution is -0.145. The molecule has 0 aliphatic carbocycles. The Morgan fingerprint density at radius 2 is 1.87 bits per heavy atom. The van der Waals surface area contributed by atoms with E-state index in [1.54, 1.807) is 4.90 Å². The van der Waals surface area contributed by atoms with Crippen LogP contribution < -0.4 is 5.32 Å². The van der Waals surface area contributed by atoms with Crippen LogP contribution in [0.5, 0.6) is 0 Å². The second kappa shape index (κ2) is 7.65. The van der Waals surface area contributed by atoms with Crippen LogP contribution in [0, 0.1) is 0 Å². The molecule has 0 fully saturated rings. The highest BCUT2D eigenvalue weighted by atomic mass is 16.5. The normalized spacial score (nSPS) is 14.7. The van der Waals surface area contributed by atoms with Gasteiger partial charge in [0.2, 0.25) is 0 Å². The summed E-state index contributed by atoms with van der Waals surface area (Å²) in [5.74, 6) is 0.0722. The maximum absolute atomic E-state index is 11.8. The molecule has 2 atom stereocenters. The molecule has 0 aromatic rings. The zero-order chi connectivity index (χ0) is 11.8. The Kier molecular flexibility index (Phi) is 7.34. The Balaban J connectivity index is 4.07. The van der Waals surface area contributed by atoms with Crippen molar-refractivity contribution in [3.05, 3.63) is 0 Å². The van der Waals surface area contributed by atoms with Gasteiger partial charge < -0.3 is 15.0 Å². The molecule has 0 rings (SSSR count). The summed E-state index contributed by atoms with van der Waals surface area (Å²) in [5, 5.41) is 3.02. The summed E-state index contributed by atoms with van der Waals surface area (Å²) in [6.07, 6.45) is -0.294. The van der Waals surface area contributed by atoms with Crippen molar-refractivity contribution in [2.45, 2.75) is 39.9 Å². The molecule has 0 radical (unpaired) electrons. The summed E-state index contributed by atoms with van der Waals surface area (Å²) in [6, 6.07) is 0. The minimum Gasteiger partial charge on any atom is -0.364 e. The van der Waals surface area contributed by atoms with Crippen LogP contribution >= 0.6 is 0 Å². The molecule has 0 aliphatic rings. The number of hydrogen-bond donors (Lipinski definition) is 1. The summed E-state index contributed by atoms with van der Waals surface area (Å²) in [5.41, 5.74) is 0. The number of rotatable bonds is 7. The number of hydrogen-bond acceptors (Lipinski definition) is 3. The average molecular weight is 216 g/mol. The highest BCUT2D eigenvalue weighted by Crippen LogP contribution is 2.02. The lowest BCUT2D eigenvalue weighted by Gasteiger charge is -2.25. The average Bonchev–Trinajstić information content (AvgIpc) is 2.19. The molecule has 90 valence electrons. The zero-order valence-electron chi connectivity index (χ0n) is 10.5. The minimum atomic E-state index is -0.353. The number of carbonyl (C=O) groups excluding carboxylic acids is 1. The van der Waals surface area contributed by atoms with Crippen LogP contribution in [0.3, 0.4) is 0 Å². The van der Waals surface area contributed by atoms with E-state index in [0.29, 0.717) is 0 Å². The van der Waals surface area contributed by atoms with Crippen molar-refractivity contribution >= 4 is 5.91 Å². The van der Waals surface area contributed by atoms with E-state index in [1.807, 2.05) is 34.7 Å². The van der Waals surface area contributed by atoms with E-state index in [4.69, 9.17) is 4.74 Å². The van der Waals surface area contributed by atoms with Gasteiger partial charge in [-0.05, 0) is 34.7 Å². The molecule has 15 heavy (non-hydrogen) atoms. The van der Waals surface area contributed by atoms with Crippen LogP contribution in [-0.4, -0.2) is 49.7 Å². The SMILES string of the molecule is CCN(CC)C(=O)C(C)OC(C)CNC. The third kappa shape index (κ3) is 5.14. The molecule has 1 amide bonds. The van der Waals surface area contributed by atoms with Gasteiger partial charge in [-0.2, -0.15) is 0 Å². The number of likely N-dealkylation sites (N-methyl/N-ethyl adjacent to an activating group) is 2. The highest BCUT2D eigenvalue weighted by Gasteiger charge is 2.20. The fraction of sp³-hybridized carbons (Fsp3) is 0.909. The number of nitrogens with one attached hydrogen (secondary N) is 1. The van der Waals surface area contributed by atoms with Gasteiger partial charge in [-0.15, -0.1) is 0 Å². The Morgan fingerprint density at radius 1 is 1.33 bits per heavy atom. The molecule has 1 N–H and O–H groups in total. The Morgan fingerprint density at radius 3 is 2.27 bits per heavy atom. The first-order valence-corrected chi connectivity index (χ1v) is 5.65. The fourth-order valence-corrected chi connectivity index (χ4v) is 1.53. The molecule has 0 spiro atoms. The van der Waals surface area contributed by atoms with Gasteiger partial charge in [0, 0.05) is 19.6 Å². The molecule has 0 heterocycles. The van der Waals surface area contributed by atoms with Crippen LogP contribution in [0.2, 0.25) is 0 Å². The van der Waals surface area contributed by atoms with Crippen LogP contribution in [0.25, 0.3) is 0 Å². The Hall–Kier alpha value is -0.610. The van der Waals surface area contributed by atoms with Crippen molar-refractivity contribution in [1.29, 1.82) is 0 Å². The molecular weight excluding hydrogens is 192 g/mol. The molecule has 4 nitrogen and oxygen atoms in total. The lowest BCUT2D eigenvalue weighted by Crippen LogP contribution is -2.41. The van der Waals surface area contributed by atoms with Gasteiger partial charge in [0.15, 0.2) is 0 Å². The van der Waals surface area contributed by atoms with E-state index in [2.05, 4.69) is 5.32 Å². The minimum absolute atomic E-state index is 0.0597. The predicted octanol–water partition coefficient (Wildman–Crippen LogP) is 0.868. The van der Waals surface area contributed by atoms with E-state index in [-0.39, 0.29) is 18.1 Å². The highest BCUT2D eigenvalue weighted by molar-refractivity contribution is 5.80. The maximum atomic E-state index is 11.8. The molecule has 0 aromatic heterocycles. The summed E-state index contributed by atoms with van der Waals surface area (Å²) in [4.78, 5) is 13.6. The first-order valence-electron chi connectivity index (χ1n) is 5.65. The van der Waals surface area contributed by atoms with E-state index < -0.39 is 0 Å². The third-order valence-corrected chi connectivity index (χ3v) is 2.35. The topological polar surface area (TPSA) is 41.6 Å². The molecule has 0 saturated carbocycles. The standard InChI is InChI=1S/C11H24N2O2/c1-6-13(7-2)11(14)10(4)15-9(3)8-12-5/h9-10,12H,6-8H2,1-5H3. The van der Waals surface area contributed by atoms with Crippen molar-refractivity contribution in [3.63, 3.8) is 0 Å². The van der Waals surface area contributed by atoms with Gasteiger partial charge in [-0.1, -0.05) is 0 Å². The van der Waals surface area contributed by atoms with Crippen molar-refractivity contribution < 1.29 is 9.53 Å². The molecular formula is C11H24N2O2. The summed E-state index contributed by atoms with van der Waals surface area (Å²) >= 11 is 0. The second-order valence-electron chi connectivity index (χ2n) is 3.66. The molecule has 0 bridgehead atoms. The molecule has 4 heteroatoms. The van der Waals surface area contributed by atoms with E-state index >= 15 is 0 Å². The largest absolute Gasteiger partial charge is 0.364 e. The predicted molar refractivity (Wildman–Crippen MR) is 61.9 cm³/mol. The number of carbonyl (C=O) groups is 1. The quantitative estimate of drug-likeness (QED) is 0.686. The Bertz CT molecular complexity index is 181. The van der Waals surface area contributed by atoms with Gasteiger partial charge in [-0.25, -0.2) is 0 Å². The number of ether oxygens (including phenoxy) is 1. The molecule has 0 saturated heterocycles. The van der Waals surface area contributed by atoms with E-state index in [9.17, 15) is 4.79 Å². The van der Waals surface area contributed by atoms with Gasteiger partial charge in [0.25, 0.3) is 5.91 Å². The van der Waals surface area contributed by atoms with Gasteiger partial charge >= 0.3 is 0 Å². The lowest BCUT2D eigenvalue weighted by atomic mass is 10.3. The van der Waals surface area contributed by atoms with Gasteiger partial charge in [0.05, 0.1) is 6.10 Å². The smallest absolute Gasteiger partial charge is 0.251 e. The molecule has 2 unspecified atom stereocenters. The van der Waals surface area contributed by atoms with Crippen LogP contribution in [0.1, 0.15) is 27.7 Å². The zero-order valence-corrected chi connectivity index (χ0v) is 10.5. The van der Waals surface area contributed by atoms with Crippen molar-refractivity contribution in [3.8, 4) is 0 Å². The summed E-state index contributed by atoms with van der Waals surface area (Å²) in [7, 11) is 1.87. The number of nitrogens with zero attached hydrogens (tertiary/aromatic N) is 1. The second-order valence-corrected chi connectivity index (χ2v) is 3.66. The van der Waals surface area contributed by atoms with Crippen LogP contribution in [-0.2, 0) is 9.53 Å². The first kappa shape index (κ1) is 14.4. The fourth-order valence-electron chi connectivity index (χ4n) is 1.53. The summed E-state index contributed by atoms with van der Waals surface area (Å²) in [6.45, 7) is 9.97. The van der Waals surface area contributed by atoms with E-state index in [1.165, 1.54) is 0 Å². The van der Waals surface area contributed by atoms with Gasteiger partial charge in [-0.3, -0.25) is 4.79 Å². The van der Waals surface area contributed by atoms with Crippen molar-refractivity contribution in [1.82, 2.24) is 10.2 Å². The van der Waals surface area contributed by atoms with Crippen LogP contribution in [0.15, 0.2) is 0 Å². The van der Waals surface area contributed by atoms with Crippen molar-refractivity contribution in [2.75, 3.05) is 26.7 Å². The summed E-state index contributed by atoms with van der Waals surface area (Å²) < 4.78 is 5.58. The monoisotopic (exact) mass is 216 g/mol. The molecule has 0 aliphatic heterocycles. The first-order chi connectivity index (χ1) is 7.06. The maximum Gasteiger partial charge on any atom is 0.251 e. The van der Waals surface area contributed by atoms with Gasteiger partial charge in [0.1, 0.15) is 6.10 Å². The number of amides is 1. The van der Waals surface area contributed by atoms with E-state index in [0.717, 1.165) is 19.6 Å². The van der Waals surface area contributed by atoms with Crippen molar-refractivity contribution in [2.24, 2.45) is 0 Å².